The molecular formula is C23H15ClN4O3. The highest BCUT2D eigenvalue weighted by Crippen LogP contribution is 2.23. The van der Waals surface area contributed by atoms with Gasteiger partial charge in [0.1, 0.15) is 12.4 Å². The van der Waals surface area contributed by atoms with Crippen LogP contribution in [-0.2, 0) is 6.61 Å². The normalized spacial score (nSPS) is 11.0. The first kappa shape index (κ1) is 20.1. The summed E-state index contributed by atoms with van der Waals surface area (Å²) in [4.78, 5) is 27.6. The van der Waals surface area contributed by atoms with Crippen LogP contribution in [0.15, 0.2) is 81.4 Å². The zero-order chi connectivity index (χ0) is 21.8. The van der Waals surface area contributed by atoms with Crippen molar-refractivity contribution >= 4 is 28.7 Å². The lowest BCUT2D eigenvalue weighted by molar-refractivity contribution is 0.305. The molecule has 0 saturated heterocycles. The van der Waals surface area contributed by atoms with E-state index >= 15 is 0 Å². The molecule has 1 heterocycles. The van der Waals surface area contributed by atoms with E-state index < -0.39 is 11.2 Å². The van der Waals surface area contributed by atoms with Crippen LogP contribution in [0, 0.1) is 11.3 Å². The Bertz CT molecular complexity index is 1460. The quantitative estimate of drug-likeness (QED) is 0.488. The summed E-state index contributed by atoms with van der Waals surface area (Å²) < 4.78 is 6.61. The molecule has 4 aromatic rings. The van der Waals surface area contributed by atoms with Gasteiger partial charge < -0.3 is 9.72 Å². The molecule has 4 rings (SSSR count). The highest BCUT2D eigenvalue weighted by Gasteiger charge is 2.09. The van der Waals surface area contributed by atoms with E-state index in [0.29, 0.717) is 32.8 Å². The molecule has 0 bridgehead atoms. The van der Waals surface area contributed by atoms with Gasteiger partial charge in [-0.3, -0.25) is 4.79 Å². The van der Waals surface area contributed by atoms with Crippen LogP contribution in [0.2, 0.25) is 5.02 Å². The van der Waals surface area contributed by atoms with Gasteiger partial charge in [0.15, 0.2) is 0 Å². The minimum absolute atomic E-state index is 0.155. The average Bonchev–Trinajstić information content (AvgIpc) is 2.78. The van der Waals surface area contributed by atoms with Gasteiger partial charge >= 0.3 is 5.69 Å². The number of halogens is 1. The van der Waals surface area contributed by atoms with Gasteiger partial charge in [-0.25, -0.2) is 4.79 Å². The summed E-state index contributed by atoms with van der Waals surface area (Å²) in [7, 11) is 0. The maximum atomic E-state index is 12.6. The van der Waals surface area contributed by atoms with E-state index in [0.717, 1.165) is 10.2 Å². The predicted octanol–water partition coefficient (Wildman–Crippen LogP) is 3.68. The molecule has 152 valence electrons. The zero-order valence-electron chi connectivity index (χ0n) is 16.1. The number of hydrogen-bond donors (Lipinski definition) is 1. The number of benzene rings is 3. The molecule has 31 heavy (non-hydrogen) atoms. The van der Waals surface area contributed by atoms with E-state index in [9.17, 15) is 14.9 Å². The van der Waals surface area contributed by atoms with Crippen molar-refractivity contribution < 1.29 is 4.74 Å². The van der Waals surface area contributed by atoms with Crippen LogP contribution in [0.1, 0.15) is 16.7 Å². The second kappa shape index (κ2) is 8.69. The van der Waals surface area contributed by atoms with Crippen LogP contribution in [0.4, 0.5) is 0 Å². The second-order valence-corrected chi connectivity index (χ2v) is 7.01. The lowest BCUT2D eigenvalue weighted by Crippen LogP contribution is -2.32. The van der Waals surface area contributed by atoms with E-state index in [4.69, 9.17) is 16.3 Å². The number of nitrogens with one attached hydrogen (secondary N) is 1. The maximum absolute atomic E-state index is 12.6. The van der Waals surface area contributed by atoms with Gasteiger partial charge in [-0.05, 0) is 36.4 Å². The first-order valence-electron chi connectivity index (χ1n) is 9.25. The summed E-state index contributed by atoms with van der Waals surface area (Å²) in [6.45, 7) is 0.155. The Hall–Kier alpha value is -4.15. The molecule has 0 aliphatic carbocycles. The largest absolute Gasteiger partial charge is 0.488 e. The van der Waals surface area contributed by atoms with Gasteiger partial charge in [0, 0.05) is 16.1 Å². The van der Waals surface area contributed by atoms with Gasteiger partial charge in [0.05, 0.1) is 28.8 Å². The summed E-state index contributed by atoms with van der Waals surface area (Å²) in [5.74, 6) is 0.436. The third kappa shape index (κ3) is 4.25. The van der Waals surface area contributed by atoms with Crippen molar-refractivity contribution in [1.82, 2.24) is 9.66 Å². The molecule has 0 spiro atoms. The first-order chi connectivity index (χ1) is 15.1. The number of fused-ring (bicyclic) bond motifs is 1. The monoisotopic (exact) mass is 430 g/mol. The van der Waals surface area contributed by atoms with E-state index in [1.165, 1.54) is 6.21 Å². The summed E-state index contributed by atoms with van der Waals surface area (Å²) >= 11 is 6.11. The number of nitriles is 1. The Kier molecular flexibility index (Phi) is 5.65. The van der Waals surface area contributed by atoms with Crippen molar-refractivity contribution in [2.75, 3.05) is 0 Å². The summed E-state index contributed by atoms with van der Waals surface area (Å²) in [6, 6.07) is 20.8. The number of rotatable bonds is 5. The molecule has 8 heteroatoms. The molecule has 0 atom stereocenters. The Labute approximate surface area is 181 Å². The molecule has 0 aliphatic rings. The molecule has 7 nitrogen and oxygen atoms in total. The van der Waals surface area contributed by atoms with Crippen LogP contribution < -0.4 is 16.0 Å². The number of nitrogens with zero attached hydrogens (tertiary/aromatic N) is 3. The molecule has 0 fully saturated rings. The highest BCUT2D eigenvalue weighted by molar-refractivity contribution is 6.30. The Morgan fingerprint density at radius 3 is 2.71 bits per heavy atom. The molecule has 0 saturated carbocycles. The van der Waals surface area contributed by atoms with Crippen molar-refractivity contribution in [3.63, 3.8) is 0 Å². The minimum atomic E-state index is -0.660. The van der Waals surface area contributed by atoms with Crippen molar-refractivity contribution in [3.05, 3.63) is 109 Å². The van der Waals surface area contributed by atoms with E-state index in [1.54, 1.807) is 60.7 Å². The maximum Gasteiger partial charge on any atom is 0.349 e. The van der Waals surface area contributed by atoms with E-state index in [1.807, 2.05) is 6.07 Å². The SMILES string of the molecule is N#Cc1ccccc1COc1ccc(Cl)cc1C=Nn1c(=O)[nH]c2ccccc2c1=O. The van der Waals surface area contributed by atoms with E-state index in [-0.39, 0.29) is 6.61 Å². The van der Waals surface area contributed by atoms with Crippen LogP contribution >= 0.6 is 11.6 Å². The third-order valence-electron chi connectivity index (χ3n) is 4.59. The zero-order valence-corrected chi connectivity index (χ0v) is 16.8. The molecule has 0 amide bonds. The molecule has 0 unspecified atom stereocenters. The second-order valence-electron chi connectivity index (χ2n) is 6.58. The summed E-state index contributed by atoms with van der Waals surface area (Å²) in [5.41, 5.74) is 0.953. The molecule has 1 N–H and O–H groups in total. The van der Waals surface area contributed by atoms with Crippen molar-refractivity contribution in [1.29, 1.82) is 5.26 Å². The van der Waals surface area contributed by atoms with Crippen molar-refractivity contribution in [2.45, 2.75) is 6.61 Å². The highest BCUT2D eigenvalue weighted by atomic mass is 35.5. The number of ether oxygens (including phenoxy) is 1. The van der Waals surface area contributed by atoms with Gasteiger partial charge in [0.25, 0.3) is 5.56 Å². The number of aromatic amines is 1. The predicted molar refractivity (Wildman–Crippen MR) is 119 cm³/mol. The molecular weight excluding hydrogens is 416 g/mol. The lowest BCUT2D eigenvalue weighted by Gasteiger charge is -2.10. The van der Waals surface area contributed by atoms with Crippen molar-refractivity contribution in [2.24, 2.45) is 5.10 Å². The number of hydrogen-bond acceptors (Lipinski definition) is 5. The van der Waals surface area contributed by atoms with Crippen LogP contribution in [0.5, 0.6) is 5.75 Å². The fraction of sp³-hybridized carbons (Fsp3) is 0.0435. The number of aromatic nitrogens is 2. The summed E-state index contributed by atoms with van der Waals surface area (Å²) in [6.07, 6.45) is 1.34. The van der Waals surface area contributed by atoms with E-state index in [2.05, 4.69) is 16.2 Å². The van der Waals surface area contributed by atoms with Crippen LogP contribution in [-0.4, -0.2) is 15.9 Å². The fourth-order valence-electron chi connectivity index (χ4n) is 3.04. The fourth-order valence-corrected chi connectivity index (χ4v) is 3.22. The summed E-state index contributed by atoms with van der Waals surface area (Å²) in [5, 5.41) is 14.1. The van der Waals surface area contributed by atoms with Crippen LogP contribution in [0.3, 0.4) is 0 Å². The first-order valence-corrected chi connectivity index (χ1v) is 9.63. The Morgan fingerprint density at radius 2 is 1.87 bits per heavy atom. The van der Waals surface area contributed by atoms with Crippen LogP contribution in [0.25, 0.3) is 10.9 Å². The minimum Gasteiger partial charge on any atom is -0.488 e. The number of H-pyrrole nitrogens is 1. The standard InChI is InChI=1S/C23H15ClN4O3/c24-18-9-10-21(31-14-16-6-2-1-5-15(16)12-25)17(11-18)13-26-28-22(29)19-7-3-4-8-20(19)27-23(28)30/h1-11,13H,14H2,(H,27,30). The Morgan fingerprint density at radius 1 is 1.10 bits per heavy atom. The number of para-hydroxylation sites is 1. The smallest absolute Gasteiger partial charge is 0.349 e. The van der Waals surface area contributed by atoms with Gasteiger partial charge in [-0.1, -0.05) is 41.9 Å². The average molecular weight is 431 g/mol. The third-order valence-corrected chi connectivity index (χ3v) is 4.82. The molecule has 0 radical (unpaired) electrons. The molecule has 3 aromatic carbocycles. The lowest BCUT2D eigenvalue weighted by atomic mass is 10.1. The Balaban J connectivity index is 1.68. The van der Waals surface area contributed by atoms with Gasteiger partial charge in [0.2, 0.25) is 0 Å². The molecule has 0 aliphatic heterocycles. The van der Waals surface area contributed by atoms with Crippen molar-refractivity contribution in [3.8, 4) is 11.8 Å². The van der Waals surface area contributed by atoms with Gasteiger partial charge in [-0.2, -0.15) is 10.4 Å². The topological polar surface area (TPSA) is 100 Å². The molecule has 1 aromatic heterocycles. The van der Waals surface area contributed by atoms with Gasteiger partial charge in [-0.15, -0.1) is 4.68 Å².